The van der Waals surface area contributed by atoms with Gasteiger partial charge in [-0.05, 0) is 38.6 Å². The fourth-order valence-electron chi connectivity index (χ4n) is 1.47. The van der Waals surface area contributed by atoms with E-state index in [4.69, 9.17) is 10.5 Å². The highest BCUT2D eigenvalue weighted by molar-refractivity contribution is 5.75. The zero-order chi connectivity index (χ0) is 12.1. The van der Waals surface area contributed by atoms with Crippen LogP contribution < -0.4 is 11.1 Å². The lowest BCUT2D eigenvalue weighted by Crippen LogP contribution is -2.24. The molecule has 4 nitrogen and oxygen atoms in total. The molecule has 0 heterocycles. The molecular weight excluding hydrogens is 204 g/mol. The summed E-state index contributed by atoms with van der Waals surface area (Å²) in [6.45, 7) is 2.33. The lowest BCUT2D eigenvalue weighted by molar-refractivity contribution is -0.121. The van der Waals surface area contributed by atoms with Gasteiger partial charge in [0, 0.05) is 26.7 Å². The van der Waals surface area contributed by atoms with Crippen molar-refractivity contribution in [2.75, 3.05) is 26.8 Å². The Balaban J connectivity index is 3.11. The van der Waals surface area contributed by atoms with Crippen molar-refractivity contribution < 1.29 is 9.53 Å². The summed E-state index contributed by atoms with van der Waals surface area (Å²) in [5, 5.41) is 2.93. The first-order valence-corrected chi connectivity index (χ1v) is 6.27. The minimum Gasteiger partial charge on any atom is -0.385 e. The minimum absolute atomic E-state index is 0.170. The molecule has 0 unspecified atom stereocenters. The third-order valence-electron chi connectivity index (χ3n) is 2.46. The van der Waals surface area contributed by atoms with Crippen molar-refractivity contribution in [3.63, 3.8) is 0 Å². The monoisotopic (exact) mass is 230 g/mol. The molecule has 4 heteroatoms. The van der Waals surface area contributed by atoms with Gasteiger partial charge >= 0.3 is 0 Å². The van der Waals surface area contributed by atoms with Crippen molar-refractivity contribution in [3.8, 4) is 0 Å². The van der Waals surface area contributed by atoms with Crippen LogP contribution in [0.15, 0.2) is 0 Å². The summed E-state index contributed by atoms with van der Waals surface area (Å²) in [6.07, 6.45) is 6.88. The summed E-state index contributed by atoms with van der Waals surface area (Å²) in [4.78, 5) is 11.3. The second-order valence-electron chi connectivity index (χ2n) is 4.00. The maximum absolute atomic E-state index is 11.3. The van der Waals surface area contributed by atoms with Crippen LogP contribution in [0.25, 0.3) is 0 Å². The van der Waals surface area contributed by atoms with E-state index in [-0.39, 0.29) is 5.91 Å². The average molecular weight is 230 g/mol. The first-order chi connectivity index (χ1) is 7.81. The van der Waals surface area contributed by atoms with Crippen LogP contribution in [0.4, 0.5) is 0 Å². The highest BCUT2D eigenvalue weighted by atomic mass is 16.5. The maximum atomic E-state index is 11.3. The minimum atomic E-state index is 0.170. The Morgan fingerprint density at radius 1 is 1.12 bits per heavy atom. The van der Waals surface area contributed by atoms with Crippen molar-refractivity contribution in [3.05, 3.63) is 0 Å². The lowest BCUT2D eigenvalue weighted by Gasteiger charge is -2.04. The first-order valence-electron chi connectivity index (χ1n) is 6.27. The quantitative estimate of drug-likeness (QED) is 0.528. The van der Waals surface area contributed by atoms with E-state index in [2.05, 4.69) is 5.32 Å². The Hall–Kier alpha value is -0.610. The van der Waals surface area contributed by atoms with Crippen LogP contribution in [0.5, 0.6) is 0 Å². The average Bonchev–Trinajstić information content (AvgIpc) is 2.29. The van der Waals surface area contributed by atoms with E-state index < -0.39 is 0 Å². The molecule has 3 N–H and O–H groups in total. The molecule has 96 valence electrons. The summed E-state index contributed by atoms with van der Waals surface area (Å²) < 4.78 is 4.95. The van der Waals surface area contributed by atoms with Gasteiger partial charge in [-0.3, -0.25) is 4.79 Å². The Bertz CT molecular complexity index is 163. The van der Waals surface area contributed by atoms with Crippen LogP contribution in [0, 0.1) is 0 Å². The van der Waals surface area contributed by atoms with E-state index in [1.54, 1.807) is 7.11 Å². The van der Waals surface area contributed by atoms with E-state index in [1.807, 2.05) is 0 Å². The molecule has 0 aromatic heterocycles. The number of carbonyl (C=O) groups excluding carboxylic acids is 1. The van der Waals surface area contributed by atoms with Crippen LogP contribution in [0.3, 0.4) is 0 Å². The predicted molar refractivity (Wildman–Crippen MR) is 66.3 cm³/mol. The number of methoxy groups -OCH3 is 1. The van der Waals surface area contributed by atoms with Crippen LogP contribution in [0.1, 0.15) is 44.9 Å². The molecule has 0 aliphatic rings. The van der Waals surface area contributed by atoms with Crippen molar-refractivity contribution in [1.82, 2.24) is 5.32 Å². The molecule has 1 amide bonds. The van der Waals surface area contributed by atoms with Gasteiger partial charge < -0.3 is 15.8 Å². The Labute approximate surface area is 98.9 Å². The van der Waals surface area contributed by atoms with Gasteiger partial charge in [0.05, 0.1) is 0 Å². The maximum Gasteiger partial charge on any atom is 0.219 e. The SMILES string of the molecule is COCCCCCNC(=O)CCCCCN. The molecular formula is C12H26N2O2. The molecule has 0 saturated heterocycles. The molecule has 0 spiro atoms. The number of nitrogens with two attached hydrogens (primary N) is 1. The first kappa shape index (κ1) is 15.4. The summed E-state index contributed by atoms with van der Waals surface area (Å²) in [5.41, 5.74) is 5.37. The Kier molecular flexibility index (Phi) is 12.0. The van der Waals surface area contributed by atoms with Crippen LogP contribution >= 0.6 is 0 Å². The number of unbranched alkanes of at least 4 members (excludes halogenated alkanes) is 4. The summed E-state index contributed by atoms with van der Waals surface area (Å²) in [5.74, 6) is 0.170. The number of hydrogen-bond acceptors (Lipinski definition) is 3. The third-order valence-corrected chi connectivity index (χ3v) is 2.46. The molecule has 0 aromatic rings. The number of amides is 1. The second-order valence-corrected chi connectivity index (χ2v) is 4.00. The number of hydrogen-bond donors (Lipinski definition) is 2. The van der Waals surface area contributed by atoms with Crippen molar-refractivity contribution >= 4 is 5.91 Å². The smallest absolute Gasteiger partial charge is 0.219 e. The van der Waals surface area contributed by atoms with Gasteiger partial charge in [0.2, 0.25) is 5.91 Å². The number of rotatable bonds is 11. The topological polar surface area (TPSA) is 64.3 Å². The molecule has 0 bridgehead atoms. The zero-order valence-electron chi connectivity index (χ0n) is 10.5. The summed E-state index contributed by atoms with van der Waals surface area (Å²) in [6, 6.07) is 0. The molecule has 0 fully saturated rings. The van der Waals surface area contributed by atoms with Crippen LogP contribution in [-0.2, 0) is 9.53 Å². The standard InChI is InChI=1S/C12H26N2O2/c1-16-11-7-3-6-10-14-12(15)8-4-2-5-9-13/h2-11,13H2,1H3,(H,14,15). The summed E-state index contributed by atoms with van der Waals surface area (Å²) >= 11 is 0. The number of ether oxygens (including phenoxy) is 1. The fourth-order valence-corrected chi connectivity index (χ4v) is 1.47. The van der Waals surface area contributed by atoms with E-state index in [0.29, 0.717) is 6.42 Å². The van der Waals surface area contributed by atoms with E-state index >= 15 is 0 Å². The normalized spacial score (nSPS) is 10.4. The molecule has 0 aromatic carbocycles. The van der Waals surface area contributed by atoms with Gasteiger partial charge in [0.1, 0.15) is 0 Å². The highest BCUT2D eigenvalue weighted by Crippen LogP contribution is 1.99. The third kappa shape index (κ3) is 11.5. The predicted octanol–water partition coefficient (Wildman–Crippen LogP) is 1.44. The van der Waals surface area contributed by atoms with Gasteiger partial charge in [-0.2, -0.15) is 0 Å². The van der Waals surface area contributed by atoms with Gasteiger partial charge in [-0.15, -0.1) is 0 Å². The second kappa shape index (κ2) is 12.5. The molecule has 0 saturated carbocycles. The lowest BCUT2D eigenvalue weighted by atomic mass is 10.2. The molecule has 0 atom stereocenters. The van der Waals surface area contributed by atoms with Crippen molar-refractivity contribution in [2.24, 2.45) is 5.73 Å². The van der Waals surface area contributed by atoms with E-state index in [0.717, 1.165) is 58.2 Å². The molecule has 16 heavy (non-hydrogen) atoms. The molecule has 0 aliphatic heterocycles. The van der Waals surface area contributed by atoms with E-state index in [1.165, 1.54) is 0 Å². The fraction of sp³-hybridized carbons (Fsp3) is 0.917. The molecule has 0 rings (SSSR count). The number of nitrogens with one attached hydrogen (secondary N) is 1. The van der Waals surface area contributed by atoms with E-state index in [9.17, 15) is 4.79 Å². The Morgan fingerprint density at radius 3 is 2.56 bits per heavy atom. The zero-order valence-corrected chi connectivity index (χ0v) is 10.5. The van der Waals surface area contributed by atoms with Gasteiger partial charge in [-0.25, -0.2) is 0 Å². The molecule has 0 radical (unpaired) electrons. The largest absolute Gasteiger partial charge is 0.385 e. The van der Waals surface area contributed by atoms with Gasteiger partial charge in [0.25, 0.3) is 0 Å². The van der Waals surface area contributed by atoms with Gasteiger partial charge in [0.15, 0.2) is 0 Å². The Morgan fingerprint density at radius 2 is 1.88 bits per heavy atom. The van der Waals surface area contributed by atoms with Crippen LogP contribution in [-0.4, -0.2) is 32.7 Å². The molecule has 0 aliphatic carbocycles. The van der Waals surface area contributed by atoms with Gasteiger partial charge in [-0.1, -0.05) is 6.42 Å². The summed E-state index contributed by atoms with van der Waals surface area (Å²) in [7, 11) is 1.71. The van der Waals surface area contributed by atoms with Crippen LogP contribution in [0.2, 0.25) is 0 Å². The number of carbonyl (C=O) groups is 1. The highest BCUT2D eigenvalue weighted by Gasteiger charge is 1.99. The van der Waals surface area contributed by atoms with Crippen molar-refractivity contribution in [2.45, 2.75) is 44.9 Å². The van der Waals surface area contributed by atoms with Crippen molar-refractivity contribution in [1.29, 1.82) is 0 Å².